The third kappa shape index (κ3) is 5.78. The highest BCUT2D eigenvalue weighted by molar-refractivity contribution is 4.79. The average molecular weight is 184 g/mol. The Hall–Kier alpha value is -0.400. The van der Waals surface area contributed by atoms with Crippen molar-refractivity contribution in [1.82, 2.24) is 0 Å². The Morgan fingerprint density at radius 1 is 0.846 bits per heavy atom. The Balaban J connectivity index is 4.24. The lowest BCUT2D eigenvalue weighted by molar-refractivity contribution is 0.393. The van der Waals surface area contributed by atoms with Gasteiger partial charge in [-0.3, -0.25) is 0 Å². The van der Waals surface area contributed by atoms with Gasteiger partial charge in [0.2, 0.25) is 0 Å². The molecule has 0 aliphatic carbocycles. The van der Waals surface area contributed by atoms with E-state index in [9.17, 15) is 0 Å². The Morgan fingerprint density at radius 2 is 1.31 bits per heavy atom. The van der Waals surface area contributed by atoms with Crippen molar-refractivity contribution in [3.63, 3.8) is 0 Å². The van der Waals surface area contributed by atoms with Crippen molar-refractivity contribution in [3.05, 3.63) is 0 Å². The van der Waals surface area contributed by atoms with E-state index in [2.05, 4.69) is 51.8 Å². The maximum absolute atomic E-state index is 4.41. The summed E-state index contributed by atoms with van der Waals surface area (Å²) in [6.07, 6.45) is 3.31. The molecule has 0 aliphatic heterocycles. The zero-order chi connectivity index (χ0) is 10.5. The Morgan fingerprint density at radius 3 is 1.69 bits per heavy atom. The molecule has 0 N–H and O–H groups in total. The van der Waals surface area contributed by atoms with Crippen molar-refractivity contribution < 1.29 is 0 Å². The highest BCUT2D eigenvalue weighted by Crippen LogP contribution is 2.21. The van der Waals surface area contributed by atoms with Gasteiger partial charge in [0.15, 0.2) is 0 Å². The standard InChI is InChI=1S/C11H24N2/c1-7-9-11(5,6)13-12-10(3,4)8-2/h7-9H2,1-6H3/b13-12+. The second-order valence-corrected chi connectivity index (χ2v) is 4.93. The molecule has 0 amide bonds. The minimum absolute atomic E-state index is 0.00497. The van der Waals surface area contributed by atoms with Crippen LogP contribution in [0.2, 0.25) is 0 Å². The second-order valence-electron chi connectivity index (χ2n) is 4.93. The first-order chi connectivity index (χ1) is 5.83. The van der Waals surface area contributed by atoms with Crippen LogP contribution in [0.5, 0.6) is 0 Å². The average Bonchev–Trinajstić information content (AvgIpc) is 2.02. The van der Waals surface area contributed by atoms with Crippen molar-refractivity contribution in [2.75, 3.05) is 0 Å². The molecule has 0 saturated heterocycles. The fraction of sp³-hybridized carbons (Fsp3) is 1.00. The van der Waals surface area contributed by atoms with Gasteiger partial charge < -0.3 is 0 Å². The monoisotopic (exact) mass is 184 g/mol. The molecule has 78 valence electrons. The molecule has 0 heterocycles. The van der Waals surface area contributed by atoms with Crippen molar-refractivity contribution >= 4 is 0 Å². The molecule has 0 unspecified atom stereocenters. The highest BCUT2D eigenvalue weighted by atomic mass is 15.2. The van der Waals surface area contributed by atoms with E-state index in [1.807, 2.05) is 0 Å². The summed E-state index contributed by atoms with van der Waals surface area (Å²) >= 11 is 0. The van der Waals surface area contributed by atoms with Crippen LogP contribution in [0.25, 0.3) is 0 Å². The van der Waals surface area contributed by atoms with Gasteiger partial charge in [-0.05, 0) is 40.5 Å². The molecule has 0 aromatic rings. The molecular formula is C11H24N2. The normalized spacial score (nSPS) is 14.0. The number of nitrogens with zero attached hydrogens (tertiary/aromatic N) is 2. The second kappa shape index (κ2) is 4.73. The molecule has 0 aromatic heterocycles. The van der Waals surface area contributed by atoms with Crippen LogP contribution in [0.1, 0.15) is 60.8 Å². The van der Waals surface area contributed by atoms with E-state index in [1.165, 1.54) is 6.42 Å². The van der Waals surface area contributed by atoms with Gasteiger partial charge in [-0.25, -0.2) is 0 Å². The number of azo groups is 1. The van der Waals surface area contributed by atoms with Gasteiger partial charge >= 0.3 is 0 Å². The molecule has 2 heteroatoms. The van der Waals surface area contributed by atoms with E-state index >= 15 is 0 Å². The van der Waals surface area contributed by atoms with Crippen LogP contribution in [0.15, 0.2) is 10.2 Å². The third-order valence-corrected chi connectivity index (χ3v) is 2.32. The van der Waals surface area contributed by atoms with Gasteiger partial charge in [0.25, 0.3) is 0 Å². The Labute approximate surface area is 82.8 Å². The van der Waals surface area contributed by atoms with E-state index < -0.39 is 0 Å². The van der Waals surface area contributed by atoms with Crippen molar-refractivity contribution in [1.29, 1.82) is 0 Å². The zero-order valence-electron chi connectivity index (χ0n) is 10.0. The van der Waals surface area contributed by atoms with E-state index in [4.69, 9.17) is 0 Å². The van der Waals surface area contributed by atoms with Crippen molar-refractivity contribution in [2.24, 2.45) is 10.2 Å². The summed E-state index contributed by atoms with van der Waals surface area (Å²) in [6.45, 7) is 12.9. The molecule has 0 rings (SSSR count). The molecule has 13 heavy (non-hydrogen) atoms. The first kappa shape index (κ1) is 12.6. The molecule has 0 atom stereocenters. The summed E-state index contributed by atoms with van der Waals surface area (Å²) in [6, 6.07) is 0. The van der Waals surface area contributed by atoms with E-state index in [-0.39, 0.29) is 11.1 Å². The first-order valence-corrected chi connectivity index (χ1v) is 5.27. The summed E-state index contributed by atoms with van der Waals surface area (Å²) in [5.41, 5.74) is 0.0200. The minimum Gasteiger partial charge on any atom is -0.187 e. The Bertz CT molecular complexity index is 169. The fourth-order valence-electron chi connectivity index (χ4n) is 1.00. The molecule has 0 bridgehead atoms. The van der Waals surface area contributed by atoms with Crippen LogP contribution in [0.4, 0.5) is 0 Å². The van der Waals surface area contributed by atoms with Crippen LogP contribution < -0.4 is 0 Å². The van der Waals surface area contributed by atoms with Crippen LogP contribution >= 0.6 is 0 Å². The molecule has 0 spiro atoms. The topological polar surface area (TPSA) is 24.7 Å². The molecule has 0 saturated carbocycles. The number of hydrogen-bond donors (Lipinski definition) is 0. The molecular weight excluding hydrogens is 160 g/mol. The van der Waals surface area contributed by atoms with Gasteiger partial charge in [0, 0.05) is 0 Å². The van der Waals surface area contributed by atoms with Crippen LogP contribution in [0.3, 0.4) is 0 Å². The lowest BCUT2D eigenvalue weighted by atomic mass is 10.0. The summed E-state index contributed by atoms with van der Waals surface area (Å²) < 4.78 is 0. The van der Waals surface area contributed by atoms with Gasteiger partial charge in [0.05, 0.1) is 11.1 Å². The lowest BCUT2D eigenvalue weighted by Crippen LogP contribution is -2.19. The predicted octanol–water partition coefficient (Wildman–Crippen LogP) is 4.21. The smallest absolute Gasteiger partial charge is 0.0760 e. The van der Waals surface area contributed by atoms with Crippen LogP contribution in [-0.4, -0.2) is 11.1 Å². The molecule has 2 nitrogen and oxygen atoms in total. The minimum atomic E-state index is 0.00497. The fourth-order valence-corrected chi connectivity index (χ4v) is 1.00. The van der Waals surface area contributed by atoms with Gasteiger partial charge in [0.1, 0.15) is 0 Å². The van der Waals surface area contributed by atoms with Crippen LogP contribution in [-0.2, 0) is 0 Å². The quantitative estimate of drug-likeness (QED) is 0.572. The number of hydrogen-bond acceptors (Lipinski definition) is 2. The van der Waals surface area contributed by atoms with Crippen molar-refractivity contribution in [3.8, 4) is 0 Å². The lowest BCUT2D eigenvalue weighted by Gasteiger charge is -2.21. The molecule has 0 fully saturated rings. The first-order valence-electron chi connectivity index (χ1n) is 5.27. The molecule has 0 radical (unpaired) electrons. The van der Waals surface area contributed by atoms with Gasteiger partial charge in [-0.2, -0.15) is 10.2 Å². The van der Waals surface area contributed by atoms with E-state index in [0.717, 1.165) is 12.8 Å². The number of rotatable bonds is 5. The molecule has 0 aliphatic rings. The summed E-state index contributed by atoms with van der Waals surface area (Å²) in [7, 11) is 0. The van der Waals surface area contributed by atoms with Crippen LogP contribution in [0, 0.1) is 0 Å². The summed E-state index contributed by atoms with van der Waals surface area (Å²) in [5, 5.41) is 8.80. The van der Waals surface area contributed by atoms with Gasteiger partial charge in [-0.15, -0.1) is 0 Å². The third-order valence-electron chi connectivity index (χ3n) is 2.32. The van der Waals surface area contributed by atoms with E-state index in [1.54, 1.807) is 0 Å². The summed E-state index contributed by atoms with van der Waals surface area (Å²) in [4.78, 5) is 0. The van der Waals surface area contributed by atoms with E-state index in [0.29, 0.717) is 0 Å². The van der Waals surface area contributed by atoms with Crippen molar-refractivity contribution in [2.45, 2.75) is 71.9 Å². The summed E-state index contributed by atoms with van der Waals surface area (Å²) in [5.74, 6) is 0. The maximum atomic E-state index is 4.41. The zero-order valence-corrected chi connectivity index (χ0v) is 10.0. The Kier molecular flexibility index (Phi) is 4.58. The SMILES string of the molecule is CCCC(C)(C)/N=N/C(C)(C)CC. The maximum Gasteiger partial charge on any atom is 0.0760 e. The predicted molar refractivity (Wildman–Crippen MR) is 58.2 cm³/mol. The van der Waals surface area contributed by atoms with Gasteiger partial charge in [-0.1, -0.05) is 20.3 Å². The molecule has 0 aromatic carbocycles. The highest BCUT2D eigenvalue weighted by Gasteiger charge is 2.18. The largest absolute Gasteiger partial charge is 0.187 e.